The molecule has 10 atom stereocenters. The molecule has 0 saturated carbocycles. The second-order valence-electron chi connectivity index (χ2n) is 16.4. The van der Waals surface area contributed by atoms with Crippen molar-refractivity contribution >= 4 is 34.6 Å². The zero-order valence-corrected chi connectivity index (χ0v) is 32.8. The summed E-state index contributed by atoms with van der Waals surface area (Å²) in [5, 5.41) is 29.5. The number of fused-ring (bicyclic) bond motifs is 8. The van der Waals surface area contributed by atoms with Gasteiger partial charge in [0.25, 0.3) is 0 Å². The van der Waals surface area contributed by atoms with E-state index in [1.807, 2.05) is 39.1 Å². The molecular weight excluding hydrogens is 739 g/mol. The second kappa shape index (κ2) is 12.6. The minimum Gasteiger partial charge on any atom is -0.508 e. The lowest BCUT2D eigenvalue weighted by Crippen LogP contribution is -2.72. The third kappa shape index (κ3) is 4.81. The number of thioether (sulfide) groups is 1. The molecule has 15 heteroatoms. The van der Waals surface area contributed by atoms with Crippen molar-refractivity contribution in [2.45, 2.75) is 74.3 Å². The van der Waals surface area contributed by atoms with Crippen molar-refractivity contribution < 1.29 is 43.5 Å². The number of aliphatic hydroxyl groups excluding tert-OH is 1. The first-order valence-corrected chi connectivity index (χ1v) is 20.3. The van der Waals surface area contributed by atoms with Gasteiger partial charge in [-0.2, -0.15) is 0 Å². The maximum atomic E-state index is 15.0. The first kappa shape index (κ1) is 36.1. The van der Waals surface area contributed by atoms with Crippen LogP contribution < -0.4 is 25.3 Å². The Morgan fingerprint density at radius 2 is 1.93 bits per heavy atom. The molecule has 1 aromatic heterocycles. The van der Waals surface area contributed by atoms with Crippen LogP contribution in [0.1, 0.15) is 59.5 Å². The van der Waals surface area contributed by atoms with Crippen LogP contribution in [0.5, 0.6) is 17.2 Å². The first-order chi connectivity index (χ1) is 26.9. The zero-order valence-electron chi connectivity index (χ0n) is 32.0. The van der Waals surface area contributed by atoms with Crippen molar-refractivity contribution in [2.24, 2.45) is 17.6 Å². The molecule has 296 valence electrons. The van der Waals surface area contributed by atoms with Gasteiger partial charge in [-0.25, -0.2) is 4.79 Å². The number of aromatic nitrogens is 1. The van der Waals surface area contributed by atoms with E-state index in [9.17, 15) is 15.0 Å². The van der Waals surface area contributed by atoms with E-state index in [0.29, 0.717) is 53.5 Å². The molecule has 1 aliphatic carbocycles. The SMILES string of the molecule is COC1=C(O)C2C(C=C1C)CC1(O)CN(C)[C@@H]2[C@@H]2[C@@H]3SC[C@]4(N[C@@H](CN)Cc5c4[nH]c4ccccc54)C(=O)OCC(c4c5c(c(C)c(OC(C)=O)c43)OCO5)N21. The van der Waals surface area contributed by atoms with E-state index in [4.69, 9.17) is 29.4 Å². The number of carbonyl (C=O) groups is 2. The minimum absolute atomic E-state index is 0.0428. The number of rotatable bonds is 3. The molecular formula is C41H47N5O9S. The normalized spacial score (nSPS) is 35.6. The maximum absolute atomic E-state index is 15.0. The van der Waals surface area contributed by atoms with E-state index in [1.54, 1.807) is 7.11 Å². The van der Waals surface area contributed by atoms with Crippen LogP contribution in [0.25, 0.3) is 10.9 Å². The number of aliphatic hydroxyl groups is 2. The average Bonchev–Trinajstić information content (AvgIpc) is 3.76. The number of methoxy groups -OCH3 is 1. The van der Waals surface area contributed by atoms with Gasteiger partial charge in [0.2, 0.25) is 6.79 Å². The van der Waals surface area contributed by atoms with Gasteiger partial charge in [-0.05, 0) is 56.9 Å². The zero-order chi connectivity index (χ0) is 39.0. The van der Waals surface area contributed by atoms with Crippen LogP contribution in [0.3, 0.4) is 0 Å². The molecule has 2 aromatic carbocycles. The summed E-state index contributed by atoms with van der Waals surface area (Å²) in [6.07, 6.45) is 3.04. The standard InChI is InChI=1S/C41H47N5O9S/c1-18-10-21-12-40(50)15-45(4)30(27(21)32(48)33(18)51-5)31-37-29-28(36-35(53-17-54-36)19(2)34(29)55-20(3)47)26(46(31)40)14-52-39(49)41(16-56-37)38-24(11-22(13-42)44-41)23-8-6-7-9-25(23)43-38/h6-10,21-22,26-27,30-31,37,43-44,48,50H,11-17,42H2,1-5H3/t21?,22-,26?,27?,30+,31-,37-,40?,41-/m1/s1. The van der Waals surface area contributed by atoms with Crippen LogP contribution in [0.15, 0.2) is 47.4 Å². The Morgan fingerprint density at radius 3 is 2.70 bits per heavy atom. The van der Waals surface area contributed by atoms with Gasteiger partial charge in [0.15, 0.2) is 22.8 Å². The van der Waals surface area contributed by atoms with Crippen LogP contribution in [0.2, 0.25) is 0 Å². The molecule has 4 fully saturated rings. The number of benzene rings is 2. The Kier molecular flexibility index (Phi) is 8.14. The first-order valence-electron chi connectivity index (χ1n) is 19.3. The monoisotopic (exact) mass is 785 g/mol. The number of nitrogens with one attached hydrogen (secondary N) is 2. The van der Waals surface area contributed by atoms with Crippen molar-refractivity contribution in [1.82, 2.24) is 20.1 Å². The number of esters is 2. The molecule has 5 unspecified atom stereocenters. The summed E-state index contributed by atoms with van der Waals surface area (Å²) >= 11 is 1.54. The van der Waals surface area contributed by atoms with Gasteiger partial charge in [0, 0.05) is 77.4 Å². The lowest BCUT2D eigenvalue weighted by Gasteiger charge is -2.61. The molecule has 8 aliphatic heterocycles. The lowest BCUT2D eigenvalue weighted by molar-refractivity contribution is -0.214. The van der Waals surface area contributed by atoms with Crippen LogP contribution >= 0.6 is 11.8 Å². The molecule has 0 radical (unpaired) electrons. The van der Waals surface area contributed by atoms with Gasteiger partial charge >= 0.3 is 11.9 Å². The Morgan fingerprint density at radius 1 is 1.14 bits per heavy atom. The van der Waals surface area contributed by atoms with Gasteiger partial charge in [0.1, 0.15) is 23.8 Å². The molecule has 6 N–H and O–H groups in total. The highest BCUT2D eigenvalue weighted by atomic mass is 32.2. The third-order valence-electron chi connectivity index (χ3n) is 13.3. The van der Waals surface area contributed by atoms with Crippen LogP contribution in [-0.2, 0) is 31.0 Å². The van der Waals surface area contributed by atoms with Crippen LogP contribution in [-0.4, -0.2) is 107 Å². The number of allylic oxidation sites excluding steroid dienone is 2. The summed E-state index contributed by atoms with van der Waals surface area (Å²) in [6.45, 7) is 5.52. The van der Waals surface area contributed by atoms with E-state index in [2.05, 4.69) is 32.2 Å². The number of nitrogens with zero attached hydrogens (tertiary/aromatic N) is 2. The van der Waals surface area contributed by atoms with E-state index in [-0.39, 0.29) is 49.5 Å². The smallest absolute Gasteiger partial charge is 0.333 e. The summed E-state index contributed by atoms with van der Waals surface area (Å²) in [7, 11) is 3.55. The van der Waals surface area contributed by atoms with Gasteiger partial charge in [0.05, 0.1) is 24.1 Å². The molecule has 4 bridgehead atoms. The number of ether oxygens (including phenoxy) is 5. The predicted octanol–water partition coefficient (Wildman–Crippen LogP) is 3.57. The maximum Gasteiger partial charge on any atom is 0.333 e. The molecule has 3 aromatic rings. The number of hydrogen-bond acceptors (Lipinski definition) is 14. The van der Waals surface area contributed by atoms with Crippen molar-refractivity contribution in [2.75, 3.05) is 46.4 Å². The van der Waals surface area contributed by atoms with Crippen LogP contribution in [0, 0.1) is 18.8 Å². The lowest BCUT2D eigenvalue weighted by atomic mass is 9.73. The molecule has 0 amide bonds. The van der Waals surface area contributed by atoms with E-state index >= 15 is 4.79 Å². The number of para-hydroxylation sites is 1. The highest BCUT2D eigenvalue weighted by Gasteiger charge is 2.66. The Bertz CT molecular complexity index is 2270. The van der Waals surface area contributed by atoms with E-state index in [1.165, 1.54) is 18.7 Å². The van der Waals surface area contributed by atoms with Crippen molar-refractivity contribution in [3.8, 4) is 17.2 Å². The quantitative estimate of drug-likeness (QED) is 0.192. The number of likely N-dealkylation sites (N-methyl/N-ethyl adjacent to an activating group) is 1. The molecule has 4 saturated heterocycles. The summed E-state index contributed by atoms with van der Waals surface area (Å²) in [5.41, 5.74) is 9.11. The van der Waals surface area contributed by atoms with Crippen molar-refractivity contribution in [3.63, 3.8) is 0 Å². The molecule has 12 rings (SSSR count). The van der Waals surface area contributed by atoms with Gasteiger partial charge in [-0.1, -0.05) is 24.3 Å². The highest BCUT2D eigenvalue weighted by molar-refractivity contribution is 7.99. The summed E-state index contributed by atoms with van der Waals surface area (Å²) in [4.78, 5) is 35.9. The number of nitrogens with two attached hydrogens (primary N) is 1. The summed E-state index contributed by atoms with van der Waals surface area (Å²) < 4.78 is 30.9. The number of piperazine rings is 1. The summed E-state index contributed by atoms with van der Waals surface area (Å²) in [6, 6.07) is 6.18. The summed E-state index contributed by atoms with van der Waals surface area (Å²) in [5.74, 6) is 0.436. The highest BCUT2D eigenvalue weighted by Crippen LogP contribution is 2.64. The fourth-order valence-electron chi connectivity index (χ4n) is 11.4. The fourth-order valence-corrected chi connectivity index (χ4v) is 13.0. The fraction of sp³-hybridized carbons (Fsp3) is 0.512. The predicted molar refractivity (Wildman–Crippen MR) is 206 cm³/mol. The number of H-pyrrole nitrogens is 1. The second-order valence-corrected chi connectivity index (χ2v) is 17.6. The average molecular weight is 786 g/mol. The molecule has 9 aliphatic rings. The number of carbonyl (C=O) groups excluding carboxylic acids is 2. The Hall–Kier alpha value is -4.25. The molecule has 1 spiro atoms. The topological polar surface area (TPSA) is 181 Å². The van der Waals surface area contributed by atoms with Crippen molar-refractivity contribution in [1.29, 1.82) is 0 Å². The van der Waals surface area contributed by atoms with E-state index < -0.39 is 46.5 Å². The molecule has 56 heavy (non-hydrogen) atoms. The van der Waals surface area contributed by atoms with Crippen LogP contribution in [0.4, 0.5) is 0 Å². The largest absolute Gasteiger partial charge is 0.508 e. The van der Waals surface area contributed by atoms with Gasteiger partial charge < -0.3 is 44.6 Å². The third-order valence-corrected chi connectivity index (χ3v) is 14.8. The molecule has 14 nitrogen and oxygen atoms in total. The Labute approximate surface area is 328 Å². The van der Waals surface area contributed by atoms with Gasteiger partial charge in [-0.3, -0.25) is 19.9 Å². The van der Waals surface area contributed by atoms with Gasteiger partial charge in [-0.15, -0.1) is 11.8 Å². The number of aromatic amines is 1. The minimum atomic E-state index is -1.45. The Balaban J connectivity index is 1.24. The van der Waals surface area contributed by atoms with Crippen molar-refractivity contribution in [3.05, 3.63) is 75.4 Å². The van der Waals surface area contributed by atoms with E-state index in [0.717, 1.165) is 33.3 Å². The molecule has 9 heterocycles. The number of hydrogen-bond donors (Lipinski definition) is 5.